The summed E-state index contributed by atoms with van der Waals surface area (Å²) in [6.45, 7) is 5.42. The molecule has 0 bridgehead atoms. The van der Waals surface area contributed by atoms with Crippen LogP contribution in [0.15, 0.2) is 11.6 Å². The van der Waals surface area contributed by atoms with E-state index in [0.717, 1.165) is 5.57 Å². The first kappa shape index (κ1) is 11.8. The van der Waals surface area contributed by atoms with Gasteiger partial charge in [-0.3, -0.25) is 9.59 Å². The Morgan fingerprint density at radius 1 is 1.33 bits per heavy atom. The van der Waals surface area contributed by atoms with E-state index in [4.69, 9.17) is 10.2 Å². The van der Waals surface area contributed by atoms with Gasteiger partial charge in [0.1, 0.15) is 0 Å². The van der Waals surface area contributed by atoms with E-state index < -0.39 is 29.2 Å². The predicted molar refractivity (Wildman–Crippen MR) is 54.4 cm³/mol. The van der Waals surface area contributed by atoms with Gasteiger partial charge in [0.05, 0.1) is 11.8 Å². The van der Waals surface area contributed by atoms with Crippen molar-refractivity contribution >= 4 is 11.9 Å². The minimum atomic E-state index is -1.03. The van der Waals surface area contributed by atoms with E-state index in [1.807, 2.05) is 13.0 Å². The number of carbonyl (C=O) groups is 2. The first-order valence-corrected chi connectivity index (χ1v) is 4.91. The highest BCUT2D eigenvalue weighted by molar-refractivity contribution is 5.81. The van der Waals surface area contributed by atoms with Gasteiger partial charge in [-0.25, -0.2) is 0 Å². The molecule has 0 radical (unpaired) electrons. The summed E-state index contributed by atoms with van der Waals surface area (Å²) in [5.74, 6) is -3.72. The Balaban J connectivity index is 3.17. The molecule has 0 saturated carbocycles. The molecule has 2 N–H and O–H groups in total. The summed E-state index contributed by atoms with van der Waals surface area (Å²) in [6.07, 6.45) is 2.14. The predicted octanol–water partition coefficient (Wildman–Crippen LogP) is 1.76. The fourth-order valence-corrected chi connectivity index (χ4v) is 2.18. The summed E-state index contributed by atoms with van der Waals surface area (Å²) in [6, 6.07) is 0. The first-order valence-electron chi connectivity index (χ1n) is 4.91. The molecular formula is C11H16O4. The minimum absolute atomic E-state index is 0.307. The molecule has 0 heterocycles. The molecule has 0 saturated heterocycles. The Bertz CT molecular complexity index is 327. The number of carboxylic acid groups (broad SMARTS) is 2. The van der Waals surface area contributed by atoms with E-state index in [-0.39, 0.29) is 0 Å². The summed E-state index contributed by atoms with van der Waals surface area (Å²) >= 11 is 0. The van der Waals surface area contributed by atoms with Crippen molar-refractivity contribution in [1.29, 1.82) is 0 Å². The molecule has 1 aliphatic carbocycles. The largest absolute Gasteiger partial charge is 0.481 e. The molecule has 4 nitrogen and oxygen atoms in total. The van der Waals surface area contributed by atoms with Crippen molar-refractivity contribution in [3.63, 3.8) is 0 Å². The molecule has 2 unspecified atom stereocenters. The Kier molecular flexibility index (Phi) is 2.88. The molecule has 15 heavy (non-hydrogen) atoms. The normalized spacial score (nSPS) is 29.4. The number of aliphatic carboxylic acids is 2. The van der Waals surface area contributed by atoms with Gasteiger partial charge < -0.3 is 10.2 Å². The van der Waals surface area contributed by atoms with Crippen molar-refractivity contribution in [2.75, 3.05) is 0 Å². The smallest absolute Gasteiger partial charge is 0.308 e. The van der Waals surface area contributed by atoms with Gasteiger partial charge >= 0.3 is 11.9 Å². The van der Waals surface area contributed by atoms with Crippen molar-refractivity contribution in [2.24, 2.45) is 17.3 Å². The molecule has 0 aromatic heterocycles. The van der Waals surface area contributed by atoms with Crippen molar-refractivity contribution in [2.45, 2.75) is 27.2 Å². The maximum Gasteiger partial charge on any atom is 0.308 e. The summed E-state index contributed by atoms with van der Waals surface area (Å²) < 4.78 is 0. The molecule has 1 rings (SSSR count). The zero-order chi connectivity index (χ0) is 11.8. The van der Waals surface area contributed by atoms with Crippen LogP contribution in [0.4, 0.5) is 0 Å². The Morgan fingerprint density at radius 3 is 2.27 bits per heavy atom. The second-order valence-corrected chi connectivity index (χ2v) is 4.61. The van der Waals surface area contributed by atoms with Gasteiger partial charge in [-0.15, -0.1) is 0 Å². The summed E-state index contributed by atoms with van der Waals surface area (Å²) in [5.41, 5.74) is 0.361. The van der Waals surface area contributed by atoms with Gasteiger partial charge in [-0.05, 0) is 18.8 Å². The Labute approximate surface area is 88.6 Å². The molecule has 84 valence electrons. The van der Waals surface area contributed by atoms with Gasteiger partial charge in [0.2, 0.25) is 0 Å². The van der Waals surface area contributed by atoms with Crippen LogP contribution in [-0.4, -0.2) is 22.2 Å². The van der Waals surface area contributed by atoms with Crippen LogP contribution < -0.4 is 0 Å². The van der Waals surface area contributed by atoms with E-state index in [2.05, 4.69) is 0 Å². The van der Waals surface area contributed by atoms with Crippen molar-refractivity contribution in [3.05, 3.63) is 11.6 Å². The van der Waals surface area contributed by atoms with Crippen LogP contribution >= 0.6 is 0 Å². The average Bonchev–Trinajstić information content (AvgIpc) is 2.07. The average molecular weight is 212 g/mol. The Morgan fingerprint density at radius 2 is 1.87 bits per heavy atom. The standard InChI is InChI=1S/C11H16O4/c1-6-4-5-7(9(12)13)8(10(14)15)11(6,2)3/h4,7-8H,5H2,1-3H3,(H,12,13)(H,14,15). The van der Waals surface area contributed by atoms with E-state index in [9.17, 15) is 9.59 Å². The molecule has 0 spiro atoms. The molecular weight excluding hydrogens is 196 g/mol. The number of hydrogen-bond acceptors (Lipinski definition) is 2. The molecule has 0 aromatic carbocycles. The second kappa shape index (κ2) is 3.68. The van der Waals surface area contributed by atoms with Crippen LogP contribution in [0.5, 0.6) is 0 Å². The minimum Gasteiger partial charge on any atom is -0.481 e. The second-order valence-electron chi connectivity index (χ2n) is 4.61. The third-order valence-electron chi connectivity index (χ3n) is 3.46. The number of carboxylic acids is 2. The van der Waals surface area contributed by atoms with E-state index in [1.54, 1.807) is 13.8 Å². The highest BCUT2D eigenvalue weighted by atomic mass is 16.4. The van der Waals surface area contributed by atoms with Gasteiger partial charge in [-0.2, -0.15) is 0 Å². The fraction of sp³-hybridized carbons (Fsp3) is 0.636. The van der Waals surface area contributed by atoms with Gasteiger partial charge in [-0.1, -0.05) is 25.5 Å². The summed E-state index contributed by atoms with van der Waals surface area (Å²) in [4.78, 5) is 22.1. The number of hydrogen-bond donors (Lipinski definition) is 2. The highest BCUT2D eigenvalue weighted by Gasteiger charge is 2.47. The lowest BCUT2D eigenvalue weighted by Gasteiger charge is -2.39. The van der Waals surface area contributed by atoms with Crippen LogP contribution in [0.2, 0.25) is 0 Å². The molecule has 0 aliphatic heterocycles. The topological polar surface area (TPSA) is 74.6 Å². The van der Waals surface area contributed by atoms with Crippen LogP contribution in [0, 0.1) is 17.3 Å². The maximum absolute atomic E-state index is 11.1. The van der Waals surface area contributed by atoms with Gasteiger partial charge in [0.25, 0.3) is 0 Å². The third-order valence-corrected chi connectivity index (χ3v) is 3.46. The lowest BCUT2D eigenvalue weighted by Crippen LogP contribution is -2.43. The zero-order valence-corrected chi connectivity index (χ0v) is 9.15. The zero-order valence-electron chi connectivity index (χ0n) is 9.15. The van der Waals surface area contributed by atoms with Crippen molar-refractivity contribution < 1.29 is 19.8 Å². The monoisotopic (exact) mass is 212 g/mol. The molecule has 4 heteroatoms. The van der Waals surface area contributed by atoms with E-state index >= 15 is 0 Å². The van der Waals surface area contributed by atoms with Crippen LogP contribution in [0.3, 0.4) is 0 Å². The van der Waals surface area contributed by atoms with Crippen molar-refractivity contribution in [3.8, 4) is 0 Å². The van der Waals surface area contributed by atoms with Gasteiger partial charge in [0.15, 0.2) is 0 Å². The lowest BCUT2D eigenvalue weighted by molar-refractivity contribution is -0.158. The van der Waals surface area contributed by atoms with E-state index in [1.165, 1.54) is 0 Å². The number of rotatable bonds is 2. The quantitative estimate of drug-likeness (QED) is 0.684. The van der Waals surface area contributed by atoms with Crippen LogP contribution in [-0.2, 0) is 9.59 Å². The summed E-state index contributed by atoms with van der Waals surface area (Å²) in [5, 5.41) is 18.1. The van der Waals surface area contributed by atoms with E-state index in [0.29, 0.717) is 6.42 Å². The molecule has 0 fully saturated rings. The maximum atomic E-state index is 11.1. The highest BCUT2D eigenvalue weighted by Crippen LogP contribution is 2.44. The third kappa shape index (κ3) is 1.89. The number of allylic oxidation sites excluding steroid dienone is 2. The summed E-state index contributed by atoms with van der Waals surface area (Å²) in [7, 11) is 0. The molecule has 2 atom stereocenters. The first-order chi connectivity index (χ1) is 6.78. The van der Waals surface area contributed by atoms with Crippen molar-refractivity contribution in [1.82, 2.24) is 0 Å². The molecule has 1 aliphatic rings. The Hall–Kier alpha value is -1.32. The lowest BCUT2D eigenvalue weighted by atomic mass is 9.63. The van der Waals surface area contributed by atoms with Crippen LogP contribution in [0.1, 0.15) is 27.2 Å². The van der Waals surface area contributed by atoms with Crippen LogP contribution in [0.25, 0.3) is 0 Å². The molecule has 0 aromatic rings. The SMILES string of the molecule is CC1=CCC(C(=O)O)C(C(=O)O)C1(C)C. The van der Waals surface area contributed by atoms with Gasteiger partial charge in [0, 0.05) is 0 Å². The fourth-order valence-electron chi connectivity index (χ4n) is 2.18. The molecule has 0 amide bonds.